The summed E-state index contributed by atoms with van der Waals surface area (Å²) in [6.45, 7) is 2.24. The number of aliphatic hydroxyl groups excluding tert-OH is 1. The first-order valence-corrected chi connectivity index (χ1v) is 8.73. The number of nitrogens with one attached hydrogen (secondary N) is 1. The van der Waals surface area contributed by atoms with E-state index in [-0.39, 0.29) is 12.5 Å². The average Bonchev–Trinajstić information content (AvgIpc) is 2.70. The van der Waals surface area contributed by atoms with Crippen LogP contribution in [0.4, 0.5) is 0 Å². The van der Waals surface area contributed by atoms with Gasteiger partial charge in [-0.2, -0.15) is 0 Å². The van der Waals surface area contributed by atoms with Crippen LogP contribution in [0.15, 0.2) is 72.8 Å². The molecule has 3 rings (SSSR count). The van der Waals surface area contributed by atoms with Crippen molar-refractivity contribution in [3.05, 3.63) is 83.9 Å². The summed E-state index contributed by atoms with van der Waals surface area (Å²) in [5.41, 5.74) is 1.80. The highest BCUT2D eigenvalue weighted by Gasteiger charge is 2.16. The Bertz CT molecular complexity index is 863. The number of ether oxygens (including phenoxy) is 1. The van der Waals surface area contributed by atoms with E-state index in [9.17, 15) is 9.90 Å². The molecule has 0 heterocycles. The van der Waals surface area contributed by atoms with Gasteiger partial charge in [-0.25, -0.2) is 0 Å². The predicted molar refractivity (Wildman–Crippen MR) is 103 cm³/mol. The molecule has 0 aliphatic rings. The van der Waals surface area contributed by atoms with Crippen LogP contribution in [0.3, 0.4) is 0 Å². The van der Waals surface area contributed by atoms with Gasteiger partial charge in [0.15, 0.2) is 0 Å². The van der Waals surface area contributed by atoms with E-state index >= 15 is 0 Å². The van der Waals surface area contributed by atoms with Gasteiger partial charge in [0.1, 0.15) is 6.10 Å². The van der Waals surface area contributed by atoms with Gasteiger partial charge in [0, 0.05) is 6.54 Å². The Morgan fingerprint density at radius 1 is 1.00 bits per heavy atom. The molecular weight excluding hydrogens is 326 g/mol. The first-order chi connectivity index (χ1) is 12.6. The van der Waals surface area contributed by atoms with Crippen molar-refractivity contribution >= 4 is 16.7 Å². The second-order valence-corrected chi connectivity index (χ2v) is 6.31. The lowest BCUT2D eigenvalue weighted by Gasteiger charge is -2.16. The molecule has 4 nitrogen and oxygen atoms in total. The molecule has 134 valence electrons. The minimum absolute atomic E-state index is 0.149. The summed E-state index contributed by atoms with van der Waals surface area (Å²) in [5.74, 6) is -0.235. The molecule has 2 unspecified atom stereocenters. The van der Waals surface area contributed by atoms with Gasteiger partial charge >= 0.3 is 0 Å². The molecule has 4 heteroatoms. The fraction of sp³-hybridized carbons (Fsp3) is 0.227. The van der Waals surface area contributed by atoms with E-state index in [1.54, 1.807) is 6.92 Å². The molecule has 1 amide bonds. The van der Waals surface area contributed by atoms with Crippen LogP contribution >= 0.6 is 0 Å². The topological polar surface area (TPSA) is 58.6 Å². The number of benzene rings is 3. The van der Waals surface area contributed by atoms with Crippen LogP contribution < -0.4 is 5.32 Å². The van der Waals surface area contributed by atoms with Gasteiger partial charge in [-0.1, -0.05) is 66.7 Å². The highest BCUT2D eigenvalue weighted by molar-refractivity contribution is 5.83. The van der Waals surface area contributed by atoms with Crippen molar-refractivity contribution in [3.8, 4) is 0 Å². The number of hydrogen-bond acceptors (Lipinski definition) is 3. The molecule has 0 saturated heterocycles. The number of aliphatic hydroxyl groups is 1. The number of amides is 1. The summed E-state index contributed by atoms with van der Waals surface area (Å²) >= 11 is 0. The quantitative estimate of drug-likeness (QED) is 0.685. The number of carbonyl (C=O) groups excluding carboxylic acids is 1. The molecular formula is C22H23NO3. The molecule has 0 aromatic heterocycles. The number of hydrogen-bond donors (Lipinski definition) is 2. The van der Waals surface area contributed by atoms with Crippen molar-refractivity contribution in [2.24, 2.45) is 0 Å². The Labute approximate surface area is 153 Å². The molecule has 0 spiro atoms. The highest BCUT2D eigenvalue weighted by atomic mass is 16.5. The maximum atomic E-state index is 12.2. The minimum Gasteiger partial charge on any atom is -0.387 e. The van der Waals surface area contributed by atoms with Gasteiger partial charge in [-0.15, -0.1) is 0 Å². The number of fused-ring (bicyclic) bond motifs is 1. The Morgan fingerprint density at radius 3 is 2.46 bits per heavy atom. The first-order valence-electron chi connectivity index (χ1n) is 8.73. The summed E-state index contributed by atoms with van der Waals surface area (Å²) in [7, 11) is 0. The second kappa shape index (κ2) is 8.61. The molecule has 0 aliphatic heterocycles. The summed E-state index contributed by atoms with van der Waals surface area (Å²) in [5, 5.41) is 15.3. The lowest BCUT2D eigenvalue weighted by atomic mass is 10.0. The van der Waals surface area contributed by atoms with E-state index in [0.717, 1.165) is 21.9 Å². The van der Waals surface area contributed by atoms with E-state index in [2.05, 4.69) is 5.32 Å². The van der Waals surface area contributed by atoms with Gasteiger partial charge in [0.25, 0.3) is 0 Å². The van der Waals surface area contributed by atoms with Crippen molar-refractivity contribution in [2.75, 3.05) is 6.54 Å². The molecule has 2 atom stereocenters. The maximum absolute atomic E-state index is 12.2. The molecule has 0 bridgehead atoms. The number of carbonyl (C=O) groups is 1. The largest absolute Gasteiger partial charge is 0.387 e. The SMILES string of the molecule is CC(OCc1ccccc1)C(=O)NCC(O)c1ccc2ccccc2c1. The third-order valence-electron chi connectivity index (χ3n) is 4.34. The van der Waals surface area contributed by atoms with Crippen LogP contribution in [0.1, 0.15) is 24.2 Å². The van der Waals surface area contributed by atoms with E-state index in [0.29, 0.717) is 6.61 Å². The van der Waals surface area contributed by atoms with Gasteiger partial charge in [-0.05, 0) is 34.9 Å². The lowest BCUT2D eigenvalue weighted by molar-refractivity contribution is -0.132. The van der Waals surface area contributed by atoms with Crippen molar-refractivity contribution in [2.45, 2.75) is 25.7 Å². The molecule has 26 heavy (non-hydrogen) atoms. The van der Waals surface area contributed by atoms with E-state index < -0.39 is 12.2 Å². The van der Waals surface area contributed by atoms with E-state index in [1.807, 2.05) is 72.8 Å². The summed E-state index contributed by atoms with van der Waals surface area (Å²) in [6.07, 6.45) is -1.34. The van der Waals surface area contributed by atoms with Crippen LogP contribution in [0, 0.1) is 0 Å². The van der Waals surface area contributed by atoms with Crippen LogP contribution in [0.5, 0.6) is 0 Å². The maximum Gasteiger partial charge on any atom is 0.248 e. The third-order valence-corrected chi connectivity index (χ3v) is 4.34. The lowest BCUT2D eigenvalue weighted by Crippen LogP contribution is -2.36. The van der Waals surface area contributed by atoms with Crippen molar-refractivity contribution in [1.82, 2.24) is 5.32 Å². The smallest absolute Gasteiger partial charge is 0.248 e. The summed E-state index contributed by atoms with van der Waals surface area (Å²) in [6, 6.07) is 23.5. The zero-order chi connectivity index (χ0) is 18.4. The second-order valence-electron chi connectivity index (χ2n) is 6.31. The first kappa shape index (κ1) is 18.1. The minimum atomic E-state index is -0.759. The Hall–Kier alpha value is -2.69. The monoisotopic (exact) mass is 349 g/mol. The number of rotatable bonds is 7. The molecule has 0 aliphatic carbocycles. The van der Waals surface area contributed by atoms with Crippen molar-refractivity contribution in [3.63, 3.8) is 0 Å². The molecule has 2 N–H and O–H groups in total. The molecule has 3 aromatic carbocycles. The average molecular weight is 349 g/mol. The Kier molecular flexibility index (Phi) is 6.00. The van der Waals surface area contributed by atoms with E-state index in [4.69, 9.17) is 4.74 Å². The Balaban J connectivity index is 1.51. The molecule has 0 radical (unpaired) electrons. The van der Waals surface area contributed by atoms with Crippen LogP contribution in [-0.2, 0) is 16.1 Å². The standard InChI is InChI=1S/C22H23NO3/c1-16(26-15-17-7-3-2-4-8-17)22(25)23-14-21(24)20-12-11-18-9-5-6-10-19(18)13-20/h2-13,16,21,24H,14-15H2,1H3,(H,23,25). The zero-order valence-electron chi connectivity index (χ0n) is 14.8. The fourth-order valence-corrected chi connectivity index (χ4v) is 2.75. The fourth-order valence-electron chi connectivity index (χ4n) is 2.75. The molecule has 3 aromatic rings. The molecule has 0 fully saturated rings. The van der Waals surface area contributed by atoms with Crippen molar-refractivity contribution < 1.29 is 14.6 Å². The third kappa shape index (κ3) is 4.69. The van der Waals surface area contributed by atoms with Gasteiger partial charge < -0.3 is 15.2 Å². The normalized spacial score (nSPS) is 13.3. The van der Waals surface area contributed by atoms with Gasteiger partial charge in [0.05, 0.1) is 12.7 Å². The van der Waals surface area contributed by atoms with E-state index in [1.165, 1.54) is 0 Å². The summed E-state index contributed by atoms with van der Waals surface area (Å²) in [4.78, 5) is 12.2. The zero-order valence-corrected chi connectivity index (χ0v) is 14.8. The van der Waals surface area contributed by atoms with Crippen LogP contribution in [-0.4, -0.2) is 23.7 Å². The Morgan fingerprint density at radius 2 is 1.69 bits per heavy atom. The van der Waals surface area contributed by atoms with Crippen LogP contribution in [0.2, 0.25) is 0 Å². The van der Waals surface area contributed by atoms with Gasteiger partial charge in [-0.3, -0.25) is 4.79 Å². The predicted octanol–water partition coefficient (Wildman–Crippen LogP) is 3.59. The van der Waals surface area contributed by atoms with Crippen molar-refractivity contribution in [1.29, 1.82) is 0 Å². The van der Waals surface area contributed by atoms with Gasteiger partial charge in [0.2, 0.25) is 5.91 Å². The summed E-state index contributed by atoms with van der Waals surface area (Å²) < 4.78 is 5.59. The highest BCUT2D eigenvalue weighted by Crippen LogP contribution is 2.20. The molecule has 0 saturated carbocycles. The van der Waals surface area contributed by atoms with Crippen LogP contribution in [0.25, 0.3) is 10.8 Å².